The van der Waals surface area contributed by atoms with Crippen LogP contribution in [0.25, 0.3) is 5.76 Å². The van der Waals surface area contributed by atoms with Crippen molar-refractivity contribution in [2.45, 2.75) is 19.5 Å². The number of hydrogen-bond acceptors (Lipinski definition) is 6. The lowest BCUT2D eigenvalue weighted by Gasteiger charge is -2.26. The molecule has 1 amide bonds. The minimum atomic E-state index is -0.843. The third-order valence-electron chi connectivity index (χ3n) is 5.32. The van der Waals surface area contributed by atoms with Crippen LogP contribution in [-0.4, -0.2) is 35.4 Å². The Balaban J connectivity index is 1.88. The van der Waals surface area contributed by atoms with Crippen LogP contribution in [-0.2, 0) is 16.1 Å². The number of para-hydroxylation sites is 1. The number of carbonyl (C=O) groups excluding carboxylic acids is 2. The van der Waals surface area contributed by atoms with Gasteiger partial charge in [0.1, 0.15) is 23.0 Å². The van der Waals surface area contributed by atoms with Crippen LogP contribution in [0.3, 0.4) is 0 Å². The molecule has 1 atom stereocenters. The van der Waals surface area contributed by atoms with Gasteiger partial charge in [0.25, 0.3) is 11.7 Å². The molecule has 1 aliphatic heterocycles. The zero-order valence-electron chi connectivity index (χ0n) is 17.8. The summed E-state index contributed by atoms with van der Waals surface area (Å²) in [5.74, 6) is -0.0709. The smallest absolute Gasteiger partial charge is 0.296 e. The number of rotatable bonds is 7. The van der Waals surface area contributed by atoms with Gasteiger partial charge in [-0.25, -0.2) is 0 Å². The molecule has 1 N–H and O–H groups in total. The maximum Gasteiger partial charge on any atom is 0.296 e. The number of benzene rings is 2. The Hall–Kier alpha value is -4.00. The summed E-state index contributed by atoms with van der Waals surface area (Å²) < 4.78 is 16.4. The van der Waals surface area contributed by atoms with E-state index in [1.165, 1.54) is 11.2 Å². The molecule has 3 aromatic rings. The van der Waals surface area contributed by atoms with Gasteiger partial charge in [-0.1, -0.05) is 18.2 Å². The molecule has 0 radical (unpaired) electrons. The van der Waals surface area contributed by atoms with Gasteiger partial charge >= 0.3 is 0 Å². The maximum absolute atomic E-state index is 13.1. The SMILES string of the molecule is CCOc1ccccc1C1/C(=C(/O)c2ccc(OC)cc2)C(=O)C(=O)N1Cc1ccco1. The standard InChI is InChI=1S/C25H23NO6/c1-3-31-20-9-5-4-8-19(20)22-21(23(27)16-10-12-17(30-2)13-11-16)24(28)25(29)26(22)15-18-7-6-14-32-18/h4-14,22,27H,3,15H2,1-2H3/b23-21-. The van der Waals surface area contributed by atoms with Crippen molar-refractivity contribution in [1.29, 1.82) is 0 Å². The summed E-state index contributed by atoms with van der Waals surface area (Å²) in [4.78, 5) is 27.6. The van der Waals surface area contributed by atoms with Crippen LogP contribution in [0.2, 0.25) is 0 Å². The molecule has 0 spiro atoms. The summed E-state index contributed by atoms with van der Waals surface area (Å²) in [6.45, 7) is 2.34. The lowest BCUT2D eigenvalue weighted by atomic mass is 9.94. The van der Waals surface area contributed by atoms with E-state index in [9.17, 15) is 14.7 Å². The van der Waals surface area contributed by atoms with Crippen LogP contribution in [0.5, 0.6) is 11.5 Å². The first kappa shape index (κ1) is 21.2. The Morgan fingerprint density at radius 3 is 2.47 bits per heavy atom. The Morgan fingerprint density at radius 1 is 1.06 bits per heavy atom. The first-order chi connectivity index (χ1) is 15.5. The normalized spacial score (nSPS) is 17.6. The van der Waals surface area contributed by atoms with Crippen molar-refractivity contribution in [3.63, 3.8) is 0 Å². The molecule has 164 valence electrons. The summed E-state index contributed by atoms with van der Waals surface area (Å²) in [6, 6.07) is 16.4. The van der Waals surface area contributed by atoms with E-state index in [0.29, 0.717) is 35.0 Å². The molecule has 0 saturated carbocycles. The van der Waals surface area contributed by atoms with Gasteiger partial charge in [0.15, 0.2) is 0 Å². The van der Waals surface area contributed by atoms with E-state index in [1.54, 1.807) is 61.7 Å². The molecular formula is C25H23NO6. The van der Waals surface area contributed by atoms with Gasteiger partial charge in [-0.15, -0.1) is 0 Å². The first-order valence-corrected chi connectivity index (χ1v) is 10.2. The van der Waals surface area contributed by atoms with Crippen LogP contribution in [0, 0.1) is 0 Å². The molecule has 1 unspecified atom stereocenters. The highest BCUT2D eigenvalue weighted by Crippen LogP contribution is 2.43. The lowest BCUT2D eigenvalue weighted by molar-refractivity contribution is -0.140. The van der Waals surface area contributed by atoms with E-state index < -0.39 is 17.7 Å². The van der Waals surface area contributed by atoms with Crippen molar-refractivity contribution >= 4 is 17.4 Å². The van der Waals surface area contributed by atoms with Crippen molar-refractivity contribution in [2.24, 2.45) is 0 Å². The maximum atomic E-state index is 13.1. The van der Waals surface area contributed by atoms with Gasteiger partial charge in [-0.2, -0.15) is 0 Å². The quantitative estimate of drug-likeness (QED) is 0.339. The van der Waals surface area contributed by atoms with Crippen molar-refractivity contribution in [1.82, 2.24) is 4.90 Å². The number of amides is 1. The summed E-state index contributed by atoms with van der Waals surface area (Å²) in [6.07, 6.45) is 1.51. The summed E-state index contributed by atoms with van der Waals surface area (Å²) in [7, 11) is 1.54. The molecule has 1 aliphatic rings. The molecule has 2 aromatic carbocycles. The molecule has 0 bridgehead atoms. The number of furan rings is 1. The van der Waals surface area contributed by atoms with Gasteiger partial charge < -0.3 is 23.9 Å². The second-order valence-corrected chi connectivity index (χ2v) is 7.21. The Morgan fingerprint density at radius 2 is 1.81 bits per heavy atom. The molecule has 0 aliphatic carbocycles. The van der Waals surface area contributed by atoms with E-state index in [1.807, 2.05) is 13.0 Å². The number of nitrogens with zero attached hydrogens (tertiary/aromatic N) is 1. The van der Waals surface area contributed by atoms with E-state index >= 15 is 0 Å². The van der Waals surface area contributed by atoms with Crippen LogP contribution in [0.4, 0.5) is 0 Å². The molecule has 1 fully saturated rings. The van der Waals surface area contributed by atoms with Crippen LogP contribution in [0.1, 0.15) is 29.9 Å². The van der Waals surface area contributed by atoms with Crippen molar-refractivity contribution < 1.29 is 28.6 Å². The number of ether oxygens (including phenoxy) is 2. The molecule has 7 nitrogen and oxygen atoms in total. The fraction of sp³-hybridized carbons (Fsp3) is 0.200. The van der Waals surface area contributed by atoms with Gasteiger partial charge in [0.2, 0.25) is 0 Å². The Labute approximate surface area is 185 Å². The second kappa shape index (κ2) is 9.01. The van der Waals surface area contributed by atoms with Crippen molar-refractivity contribution in [3.05, 3.63) is 89.4 Å². The summed E-state index contributed by atoms with van der Waals surface area (Å²) in [5, 5.41) is 11.1. The minimum absolute atomic E-state index is 0.00104. The number of hydrogen-bond donors (Lipinski definition) is 1. The molecule has 1 saturated heterocycles. The third kappa shape index (κ3) is 3.85. The largest absolute Gasteiger partial charge is 0.507 e. The molecule has 7 heteroatoms. The van der Waals surface area contributed by atoms with Crippen LogP contribution >= 0.6 is 0 Å². The van der Waals surface area contributed by atoms with Gasteiger partial charge in [-0.3, -0.25) is 9.59 Å². The predicted molar refractivity (Wildman–Crippen MR) is 117 cm³/mol. The third-order valence-corrected chi connectivity index (χ3v) is 5.32. The first-order valence-electron chi connectivity index (χ1n) is 10.2. The Bertz CT molecular complexity index is 1150. The fourth-order valence-corrected chi connectivity index (χ4v) is 3.83. The monoisotopic (exact) mass is 433 g/mol. The van der Waals surface area contributed by atoms with E-state index in [0.717, 1.165) is 0 Å². The van der Waals surface area contributed by atoms with Crippen molar-refractivity contribution in [3.8, 4) is 11.5 Å². The number of carbonyl (C=O) groups is 2. The molecular weight excluding hydrogens is 410 g/mol. The number of Topliss-reactive ketones (excluding diaryl/α,β-unsaturated/α-hetero) is 1. The molecule has 1 aromatic heterocycles. The molecule has 32 heavy (non-hydrogen) atoms. The number of aliphatic hydroxyl groups excluding tert-OH is 1. The minimum Gasteiger partial charge on any atom is -0.507 e. The average molecular weight is 433 g/mol. The van der Waals surface area contributed by atoms with Gasteiger partial charge in [0, 0.05) is 11.1 Å². The molecule has 4 rings (SSSR count). The van der Waals surface area contributed by atoms with E-state index in [-0.39, 0.29) is 17.9 Å². The second-order valence-electron chi connectivity index (χ2n) is 7.21. The fourth-order valence-electron chi connectivity index (χ4n) is 3.83. The Kier molecular flexibility index (Phi) is 5.98. The predicted octanol–water partition coefficient (Wildman–Crippen LogP) is 4.31. The summed E-state index contributed by atoms with van der Waals surface area (Å²) in [5.41, 5.74) is 1.01. The van der Waals surface area contributed by atoms with Crippen LogP contribution in [0.15, 0.2) is 76.9 Å². The number of ketones is 1. The number of likely N-dealkylation sites (tertiary alicyclic amines) is 1. The van der Waals surface area contributed by atoms with Crippen LogP contribution < -0.4 is 9.47 Å². The van der Waals surface area contributed by atoms with E-state index in [4.69, 9.17) is 13.9 Å². The zero-order valence-corrected chi connectivity index (χ0v) is 17.8. The number of aliphatic hydroxyl groups is 1. The topological polar surface area (TPSA) is 89.2 Å². The highest BCUT2D eigenvalue weighted by Gasteiger charge is 2.47. The molecule has 2 heterocycles. The average Bonchev–Trinajstić information content (AvgIpc) is 3.42. The summed E-state index contributed by atoms with van der Waals surface area (Å²) >= 11 is 0. The highest BCUT2D eigenvalue weighted by atomic mass is 16.5. The highest BCUT2D eigenvalue weighted by molar-refractivity contribution is 6.46. The van der Waals surface area contributed by atoms with Gasteiger partial charge in [0.05, 0.1) is 38.1 Å². The zero-order chi connectivity index (χ0) is 22.7. The van der Waals surface area contributed by atoms with Gasteiger partial charge in [-0.05, 0) is 49.4 Å². The van der Waals surface area contributed by atoms with E-state index in [2.05, 4.69) is 0 Å². The number of methoxy groups -OCH3 is 1. The van der Waals surface area contributed by atoms with Crippen molar-refractivity contribution in [2.75, 3.05) is 13.7 Å². The lowest BCUT2D eigenvalue weighted by Crippen LogP contribution is -2.29.